The summed E-state index contributed by atoms with van der Waals surface area (Å²) < 4.78 is 23.3. The second-order valence-corrected chi connectivity index (χ2v) is 7.74. The monoisotopic (exact) mass is 461 g/mol. The molecule has 172 valence electrons. The summed E-state index contributed by atoms with van der Waals surface area (Å²) in [5, 5.41) is 11.1. The van der Waals surface area contributed by atoms with Gasteiger partial charge in [-0.2, -0.15) is 10.2 Å². The van der Waals surface area contributed by atoms with Gasteiger partial charge in [-0.25, -0.2) is 18.7 Å². The highest BCUT2D eigenvalue weighted by molar-refractivity contribution is 6.10. The van der Waals surface area contributed by atoms with E-state index in [0.29, 0.717) is 11.5 Å². The number of amides is 2. The van der Waals surface area contributed by atoms with E-state index < -0.39 is 17.8 Å². The van der Waals surface area contributed by atoms with Crippen molar-refractivity contribution >= 4 is 23.3 Å². The lowest BCUT2D eigenvalue weighted by Crippen LogP contribution is -2.48. The van der Waals surface area contributed by atoms with Crippen LogP contribution in [-0.4, -0.2) is 49.0 Å². The fraction of sp³-hybridized carbons (Fsp3) is 0.174. The lowest BCUT2D eigenvalue weighted by Gasteiger charge is -2.30. The van der Waals surface area contributed by atoms with Crippen molar-refractivity contribution in [2.24, 2.45) is 0 Å². The Morgan fingerprint density at radius 2 is 2.03 bits per heavy atom. The van der Waals surface area contributed by atoms with E-state index in [9.17, 15) is 14.0 Å². The minimum absolute atomic E-state index is 0.171. The first-order valence-corrected chi connectivity index (χ1v) is 10.5. The third kappa shape index (κ3) is 3.98. The lowest BCUT2D eigenvalue weighted by molar-refractivity contribution is -0.126. The van der Waals surface area contributed by atoms with E-state index in [0.717, 1.165) is 5.69 Å². The molecule has 1 atom stereocenters. The van der Waals surface area contributed by atoms with Crippen LogP contribution in [0.25, 0.3) is 11.5 Å². The van der Waals surface area contributed by atoms with Crippen molar-refractivity contribution in [2.75, 3.05) is 16.8 Å². The number of fused-ring (bicyclic) bond motifs is 1. The van der Waals surface area contributed by atoms with Crippen molar-refractivity contribution in [1.29, 1.82) is 0 Å². The molecule has 0 aliphatic carbocycles. The first kappa shape index (κ1) is 21.3. The third-order valence-corrected chi connectivity index (χ3v) is 5.25. The molecule has 1 aliphatic heterocycles. The molecular weight excluding hydrogens is 441 g/mol. The van der Waals surface area contributed by atoms with E-state index in [-0.39, 0.29) is 29.7 Å². The van der Waals surface area contributed by atoms with Crippen LogP contribution < -0.4 is 15.0 Å². The number of nitrogens with zero attached hydrogens (tertiary/aromatic N) is 6. The highest BCUT2D eigenvalue weighted by Gasteiger charge is 2.32. The maximum Gasteiger partial charge on any atom is 0.269 e. The van der Waals surface area contributed by atoms with Gasteiger partial charge in [-0.1, -0.05) is 0 Å². The number of benzene rings is 1. The van der Waals surface area contributed by atoms with E-state index in [4.69, 9.17) is 4.74 Å². The molecule has 3 aromatic heterocycles. The van der Waals surface area contributed by atoms with Gasteiger partial charge in [-0.05, 0) is 50.2 Å². The van der Waals surface area contributed by atoms with Crippen molar-refractivity contribution in [3.05, 3.63) is 72.6 Å². The summed E-state index contributed by atoms with van der Waals surface area (Å²) >= 11 is 0. The smallest absolute Gasteiger partial charge is 0.269 e. The standard InChI is InChI=1S/C23H20FN7O3/c1-14-8-11-31(28-14)20-7-5-18-22(27-20)29(13-21(32)26-18)23(33)15(2)34-16-4-6-19(17(24)12-16)30-10-3-9-25-30/h3-12,15H,13H2,1-2H3,(H,26,32). The molecule has 1 aliphatic rings. The number of rotatable bonds is 5. The number of hydrogen-bond acceptors (Lipinski definition) is 6. The fourth-order valence-corrected chi connectivity index (χ4v) is 3.63. The summed E-state index contributed by atoms with van der Waals surface area (Å²) in [4.78, 5) is 31.3. The van der Waals surface area contributed by atoms with E-state index in [1.807, 2.05) is 13.0 Å². The average molecular weight is 461 g/mol. The number of anilines is 2. The van der Waals surface area contributed by atoms with Gasteiger partial charge in [0.1, 0.15) is 18.0 Å². The van der Waals surface area contributed by atoms with Crippen molar-refractivity contribution in [2.45, 2.75) is 20.0 Å². The molecule has 0 fully saturated rings. The molecule has 11 heteroatoms. The van der Waals surface area contributed by atoms with Crippen LogP contribution in [0.5, 0.6) is 5.75 Å². The van der Waals surface area contributed by atoms with Gasteiger partial charge < -0.3 is 10.1 Å². The van der Waals surface area contributed by atoms with E-state index in [1.54, 1.807) is 47.5 Å². The second-order valence-electron chi connectivity index (χ2n) is 7.74. The van der Waals surface area contributed by atoms with E-state index >= 15 is 0 Å². The Morgan fingerprint density at radius 1 is 1.18 bits per heavy atom. The summed E-state index contributed by atoms with van der Waals surface area (Å²) in [5.41, 5.74) is 1.47. The maximum absolute atomic E-state index is 14.6. The number of carbonyl (C=O) groups excluding carboxylic acids is 2. The summed E-state index contributed by atoms with van der Waals surface area (Å²) in [6.07, 6.45) is 3.91. The predicted octanol–water partition coefficient (Wildman–Crippen LogP) is 2.65. The number of nitrogens with one attached hydrogen (secondary N) is 1. The van der Waals surface area contributed by atoms with Crippen LogP contribution >= 0.6 is 0 Å². The molecule has 0 radical (unpaired) electrons. The summed E-state index contributed by atoms with van der Waals surface area (Å²) in [7, 11) is 0. The molecule has 1 N–H and O–H groups in total. The highest BCUT2D eigenvalue weighted by Crippen LogP contribution is 2.30. The highest BCUT2D eigenvalue weighted by atomic mass is 19.1. The summed E-state index contributed by atoms with van der Waals surface area (Å²) in [6, 6.07) is 11.1. The molecule has 1 aromatic carbocycles. The Balaban J connectivity index is 1.39. The van der Waals surface area contributed by atoms with Gasteiger partial charge in [-0.3, -0.25) is 14.5 Å². The number of aryl methyl sites for hydroxylation is 1. The van der Waals surface area contributed by atoms with Gasteiger partial charge in [-0.15, -0.1) is 0 Å². The zero-order valence-electron chi connectivity index (χ0n) is 18.3. The normalized spacial score (nSPS) is 13.9. The van der Waals surface area contributed by atoms with Crippen LogP contribution in [-0.2, 0) is 9.59 Å². The molecule has 2 amide bonds. The largest absolute Gasteiger partial charge is 0.481 e. The van der Waals surface area contributed by atoms with Crippen LogP contribution in [0.4, 0.5) is 15.9 Å². The van der Waals surface area contributed by atoms with Gasteiger partial charge in [0.05, 0.1) is 11.4 Å². The van der Waals surface area contributed by atoms with Gasteiger partial charge in [0.25, 0.3) is 5.91 Å². The average Bonchev–Trinajstić information content (AvgIpc) is 3.50. The maximum atomic E-state index is 14.6. The molecule has 34 heavy (non-hydrogen) atoms. The van der Waals surface area contributed by atoms with Crippen LogP contribution in [0.15, 0.2) is 61.1 Å². The Labute approximate surface area is 193 Å². The molecule has 4 aromatic rings. The first-order chi connectivity index (χ1) is 16.4. The number of hydrogen-bond donors (Lipinski definition) is 1. The molecule has 10 nitrogen and oxygen atoms in total. The van der Waals surface area contributed by atoms with Crippen LogP contribution in [0.3, 0.4) is 0 Å². The lowest BCUT2D eigenvalue weighted by atomic mass is 10.2. The second kappa shape index (κ2) is 8.43. The van der Waals surface area contributed by atoms with Crippen LogP contribution in [0, 0.1) is 12.7 Å². The third-order valence-electron chi connectivity index (χ3n) is 5.25. The zero-order valence-corrected chi connectivity index (χ0v) is 18.3. The van der Waals surface area contributed by atoms with Crippen molar-refractivity contribution in [3.8, 4) is 17.3 Å². The number of halogens is 1. The molecular formula is C23H20FN7O3. The molecule has 0 saturated carbocycles. The molecule has 0 spiro atoms. The Kier molecular flexibility index (Phi) is 5.28. The van der Waals surface area contributed by atoms with Gasteiger partial charge in [0, 0.05) is 24.7 Å². The first-order valence-electron chi connectivity index (χ1n) is 10.5. The minimum Gasteiger partial charge on any atom is -0.481 e. The quantitative estimate of drug-likeness (QED) is 0.490. The number of aromatic nitrogens is 5. The Hall–Kier alpha value is -4.54. The van der Waals surface area contributed by atoms with Crippen LogP contribution in [0.1, 0.15) is 12.6 Å². The molecule has 4 heterocycles. The summed E-state index contributed by atoms with van der Waals surface area (Å²) in [5.74, 6) is -0.452. The Morgan fingerprint density at radius 3 is 2.74 bits per heavy atom. The number of pyridine rings is 1. The van der Waals surface area contributed by atoms with Gasteiger partial charge in [0.15, 0.2) is 23.6 Å². The molecule has 0 saturated heterocycles. The van der Waals surface area contributed by atoms with E-state index in [2.05, 4.69) is 20.5 Å². The number of ether oxygens (including phenoxy) is 1. The zero-order chi connectivity index (χ0) is 23.8. The molecule has 5 rings (SSSR count). The SMILES string of the molecule is Cc1ccn(-c2ccc3c(n2)N(C(=O)C(C)Oc2ccc(-n4cccn4)c(F)c2)CC(=O)N3)n1. The molecule has 0 bridgehead atoms. The predicted molar refractivity (Wildman–Crippen MR) is 121 cm³/mol. The minimum atomic E-state index is -1.01. The van der Waals surface area contributed by atoms with Crippen molar-refractivity contribution < 1.29 is 18.7 Å². The Bertz CT molecular complexity index is 1380. The van der Waals surface area contributed by atoms with Crippen molar-refractivity contribution in [1.82, 2.24) is 24.5 Å². The van der Waals surface area contributed by atoms with Crippen LogP contribution in [0.2, 0.25) is 0 Å². The van der Waals surface area contributed by atoms with Gasteiger partial charge >= 0.3 is 0 Å². The van der Waals surface area contributed by atoms with Crippen molar-refractivity contribution in [3.63, 3.8) is 0 Å². The topological polar surface area (TPSA) is 107 Å². The van der Waals surface area contributed by atoms with E-state index in [1.165, 1.54) is 28.6 Å². The molecule has 1 unspecified atom stereocenters. The fourth-order valence-electron chi connectivity index (χ4n) is 3.63. The number of carbonyl (C=O) groups is 2. The van der Waals surface area contributed by atoms with Gasteiger partial charge in [0.2, 0.25) is 5.91 Å². The summed E-state index contributed by atoms with van der Waals surface area (Å²) in [6.45, 7) is 3.17.